The predicted molar refractivity (Wildman–Crippen MR) is 99.5 cm³/mol. The number of hydrogen-bond acceptors (Lipinski definition) is 3. The minimum atomic E-state index is -0.545. The highest BCUT2D eigenvalue weighted by Crippen LogP contribution is 2.51. The van der Waals surface area contributed by atoms with Gasteiger partial charge in [0.2, 0.25) is 0 Å². The molecule has 0 bridgehead atoms. The van der Waals surface area contributed by atoms with Crippen molar-refractivity contribution < 1.29 is 14.9 Å². The first kappa shape index (κ1) is 18.0. The maximum absolute atomic E-state index is 10.5. The number of fused-ring (bicyclic) bond motifs is 3. The Kier molecular flexibility index (Phi) is 5.51. The average molecular weight is 340 g/mol. The summed E-state index contributed by atoms with van der Waals surface area (Å²) in [5.41, 5.74) is 2.44. The van der Waals surface area contributed by atoms with Crippen molar-refractivity contribution in [2.24, 2.45) is 11.8 Å². The topological polar surface area (TPSA) is 49.7 Å². The smallest absolute Gasteiger partial charge is 0.126 e. The van der Waals surface area contributed by atoms with E-state index < -0.39 is 12.2 Å². The highest BCUT2D eigenvalue weighted by molar-refractivity contribution is 5.49. The molecule has 0 aromatic heterocycles. The zero-order valence-electron chi connectivity index (χ0n) is 15.3. The summed E-state index contributed by atoms with van der Waals surface area (Å²) in [6.07, 6.45) is 5.15. The standard InChI is InChI=1S/C22H28O3/c1-4-6-8-14(3)18(23)12-11-16-19(24)13-20-21(16)17-10-7-9-15(5-2)22(17)25-20/h7,9-12,14,16,18-21,23-24H,5,8,13H2,1-3H3/t14-,16-,18+,19+,20-,21-/m0/s1. The Morgan fingerprint density at radius 2 is 2.20 bits per heavy atom. The molecule has 1 aromatic rings. The molecular formula is C22H28O3. The summed E-state index contributed by atoms with van der Waals surface area (Å²) in [4.78, 5) is 0. The van der Waals surface area contributed by atoms with E-state index in [1.807, 2.05) is 26.0 Å². The molecular weight excluding hydrogens is 312 g/mol. The van der Waals surface area contributed by atoms with Gasteiger partial charge >= 0.3 is 0 Å². The fraction of sp³-hybridized carbons (Fsp3) is 0.545. The number of aliphatic hydroxyl groups is 2. The number of hydrogen-bond donors (Lipinski definition) is 2. The maximum Gasteiger partial charge on any atom is 0.126 e. The van der Waals surface area contributed by atoms with Crippen molar-refractivity contribution in [3.05, 3.63) is 41.5 Å². The predicted octanol–water partition coefficient (Wildman–Crippen LogP) is 3.44. The van der Waals surface area contributed by atoms with Crippen LogP contribution in [0.15, 0.2) is 30.4 Å². The van der Waals surface area contributed by atoms with E-state index in [-0.39, 0.29) is 23.9 Å². The third-order valence-electron chi connectivity index (χ3n) is 5.58. The Morgan fingerprint density at radius 1 is 1.40 bits per heavy atom. The third-order valence-corrected chi connectivity index (χ3v) is 5.58. The van der Waals surface area contributed by atoms with E-state index >= 15 is 0 Å². The van der Waals surface area contributed by atoms with Gasteiger partial charge in [0, 0.05) is 30.2 Å². The van der Waals surface area contributed by atoms with Gasteiger partial charge in [-0.2, -0.15) is 0 Å². The largest absolute Gasteiger partial charge is 0.489 e. The van der Waals surface area contributed by atoms with Crippen molar-refractivity contribution >= 4 is 0 Å². The lowest BCUT2D eigenvalue weighted by Crippen LogP contribution is -2.19. The van der Waals surface area contributed by atoms with Gasteiger partial charge in [0.15, 0.2) is 0 Å². The van der Waals surface area contributed by atoms with Crippen molar-refractivity contribution in [2.75, 3.05) is 0 Å². The van der Waals surface area contributed by atoms with Crippen molar-refractivity contribution in [2.45, 2.75) is 64.3 Å². The average Bonchev–Trinajstić information content (AvgIpc) is 3.12. The molecule has 3 heteroatoms. The summed E-state index contributed by atoms with van der Waals surface area (Å²) in [5.74, 6) is 7.13. The van der Waals surface area contributed by atoms with Crippen LogP contribution in [0.1, 0.15) is 50.7 Å². The molecule has 0 spiro atoms. The van der Waals surface area contributed by atoms with Crippen LogP contribution in [0.3, 0.4) is 0 Å². The Morgan fingerprint density at radius 3 is 2.92 bits per heavy atom. The van der Waals surface area contributed by atoms with Gasteiger partial charge in [-0.15, -0.1) is 11.8 Å². The number of para-hydroxylation sites is 1. The quantitative estimate of drug-likeness (QED) is 0.638. The van der Waals surface area contributed by atoms with E-state index in [0.29, 0.717) is 12.8 Å². The first-order valence-electron chi connectivity index (χ1n) is 9.29. The number of aryl methyl sites for hydroxylation is 1. The van der Waals surface area contributed by atoms with Crippen LogP contribution in [0.25, 0.3) is 0 Å². The molecule has 3 nitrogen and oxygen atoms in total. The van der Waals surface area contributed by atoms with Gasteiger partial charge in [-0.25, -0.2) is 0 Å². The Balaban J connectivity index is 1.79. The first-order chi connectivity index (χ1) is 12.1. The molecule has 1 aliphatic carbocycles. The van der Waals surface area contributed by atoms with Crippen LogP contribution in [0.5, 0.6) is 5.75 Å². The van der Waals surface area contributed by atoms with Gasteiger partial charge in [0.05, 0.1) is 12.2 Å². The summed E-state index contributed by atoms with van der Waals surface area (Å²) in [5, 5.41) is 20.8. The monoisotopic (exact) mass is 340 g/mol. The second-order valence-electron chi connectivity index (χ2n) is 7.24. The first-order valence-corrected chi connectivity index (χ1v) is 9.29. The van der Waals surface area contributed by atoms with Crippen LogP contribution in [-0.4, -0.2) is 28.5 Å². The molecule has 0 unspecified atom stereocenters. The normalized spacial score (nSPS) is 29.5. The molecule has 0 radical (unpaired) electrons. The molecule has 1 fully saturated rings. The van der Waals surface area contributed by atoms with Crippen LogP contribution in [-0.2, 0) is 6.42 Å². The zero-order chi connectivity index (χ0) is 18.0. The van der Waals surface area contributed by atoms with Crippen LogP contribution >= 0.6 is 0 Å². The molecule has 2 N–H and O–H groups in total. The second kappa shape index (κ2) is 7.64. The maximum atomic E-state index is 10.5. The van der Waals surface area contributed by atoms with Crippen LogP contribution in [0, 0.1) is 23.7 Å². The molecule has 6 atom stereocenters. The number of aliphatic hydroxyl groups excluding tert-OH is 2. The second-order valence-corrected chi connectivity index (χ2v) is 7.24. The van der Waals surface area contributed by atoms with E-state index in [1.54, 1.807) is 0 Å². The lowest BCUT2D eigenvalue weighted by atomic mass is 9.86. The van der Waals surface area contributed by atoms with E-state index in [4.69, 9.17) is 4.74 Å². The minimum Gasteiger partial charge on any atom is -0.489 e. The highest BCUT2D eigenvalue weighted by Gasteiger charge is 2.48. The summed E-state index contributed by atoms with van der Waals surface area (Å²) < 4.78 is 6.19. The van der Waals surface area contributed by atoms with Gasteiger partial charge < -0.3 is 14.9 Å². The molecule has 0 saturated heterocycles. The molecule has 25 heavy (non-hydrogen) atoms. The van der Waals surface area contributed by atoms with Crippen molar-refractivity contribution in [3.63, 3.8) is 0 Å². The number of ether oxygens (including phenoxy) is 1. The Hall–Kier alpha value is -1.76. The van der Waals surface area contributed by atoms with Crippen molar-refractivity contribution in [3.8, 4) is 17.6 Å². The lowest BCUT2D eigenvalue weighted by molar-refractivity contribution is 0.134. The summed E-state index contributed by atoms with van der Waals surface area (Å²) in [6.45, 7) is 5.94. The molecule has 1 aromatic carbocycles. The van der Waals surface area contributed by atoms with Gasteiger partial charge in [0.25, 0.3) is 0 Å². The molecule has 134 valence electrons. The van der Waals surface area contributed by atoms with Crippen LogP contribution in [0.4, 0.5) is 0 Å². The van der Waals surface area contributed by atoms with E-state index in [0.717, 1.165) is 12.2 Å². The van der Waals surface area contributed by atoms with Gasteiger partial charge in [-0.1, -0.05) is 44.2 Å². The van der Waals surface area contributed by atoms with E-state index in [9.17, 15) is 10.2 Å². The van der Waals surface area contributed by atoms with Gasteiger partial charge in [-0.05, 0) is 24.8 Å². The lowest BCUT2D eigenvalue weighted by Gasteiger charge is -2.19. The minimum absolute atomic E-state index is 0.0162. The molecule has 1 saturated carbocycles. The zero-order valence-corrected chi connectivity index (χ0v) is 15.3. The van der Waals surface area contributed by atoms with Crippen LogP contribution in [0.2, 0.25) is 0 Å². The summed E-state index contributed by atoms with van der Waals surface area (Å²) in [7, 11) is 0. The van der Waals surface area contributed by atoms with Gasteiger partial charge in [0.1, 0.15) is 11.9 Å². The number of rotatable bonds is 5. The van der Waals surface area contributed by atoms with Crippen molar-refractivity contribution in [1.29, 1.82) is 0 Å². The Labute approximate surface area is 150 Å². The van der Waals surface area contributed by atoms with Crippen LogP contribution < -0.4 is 4.74 Å². The Bertz CT molecular complexity index is 697. The molecule has 3 rings (SSSR count). The fourth-order valence-corrected chi connectivity index (χ4v) is 4.06. The summed E-state index contributed by atoms with van der Waals surface area (Å²) in [6, 6.07) is 6.31. The molecule has 1 aliphatic heterocycles. The van der Waals surface area contributed by atoms with Crippen molar-refractivity contribution in [1.82, 2.24) is 0 Å². The third kappa shape index (κ3) is 3.47. The molecule has 0 amide bonds. The SMILES string of the molecule is CC#CC[C@H](C)[C@H](O)C=C[C@@H]1[C@H]2c3cccc(CC)c3O[C@H]2C[C@H]1O. The molecule has 1 heterocycles. The summed E-state index contributed by atoms with van der Waals surface area (Å²) >= 11 is 0. The highest BCUT2D eigenvalue weighted by atomic mass is 16.5. The van der Waals surface area contributed by atoms with E-state index in [2.05, 4.69) is 37.0 Å². The number of benzene rings is 1. The van der Waals surface area contributed by atoms with Gasteiger partial charge in [-0.3, -0.25) is 0 Å². The van der Waals surface area contributed by atoms with E-state index in [1.165, 1.54) is 11.1 Å². The fourth-order valence-electron chi connectivity index (χ4n) is 4.06. The molecule has 2 aliphatic rings.